The van der Waals surface area contributed by atoms with Gasteiger partial charge in [-0.05, 0) is 62.5 Å². The molecule has 0 spiro atoms. The van der Waals surface area contributed by atoms with E-state index in [0.29, 0.717) is 33.9 Å². The first-order valence-corrected chi connectivity index (χ1v) is 14.7. The van der Waals surface area contributed by atoms with E-state index in [4.69, 9.17) is 10.8 Å². The highest BCUT2D eigenvalue weighted by molar-refractivity contribution is 6.13. The zero-order valence-corrected chi connectivity index (χ0v) is 28.0. The second-order valence-electron chi connectivity index (χ2n) is 11.3. The van der Waals surface area contributed by atoms with Crippen LogP contribution in [-0.2, 0) is 16.1 Å². The molecule has 12 nitrogen and oxygen atoms in total. The maximum Gasteiger partial charge on any atom is 0.258 e. The highest BCUT2D eigenvalue weighted by atomic mass is 35.5. The van der Waals surface area contributed by atoms with E-state index in [0.717, 1.165) is 10.9 Å². The summed E-state index contributed by atoms with van der Waals surface area (Å²) in [6.45, 7) is 1.25. The smallest absolute Gasteiger partial charge is 0.258 e. The number of pyridine rings is 1. The van der Waals surface area contributed by atoms with Crippen molar-refractivity contribution < 1.29 is 14.4 Å². The van der Waals surface area contributed by atoms with Crippen molar-refractivity contribution in [2.24, 2.45) is 11.7 Å². The molecule has 2 aromatic heterocycles. The van der Waals surface area contributed by atoms with E-state index in [9.17, 15) is 24.9 Å². The van der Waals surface area contributed by atoms with Gasteiger partial charge in [-0.15, -0.1) is 24.8 Å². The first-order valence-electron chi connectivity index (χ1n) is 14.7. The molecule has 0 saturated heterocycles. The van der Waals surface area contributed by atoms with Crippen LogP contribution in [0, 0.1) is 28.6 Å². The van der Waals surface area contributed by atoms with Crippen molar-refractivity contribution in [2.75, 3.05) is 23.4 Å². The lowest BCUT2D eigenvalue weighted by atomic mass is 9.83. The number of para-hydroxylation sites is 2. The minimum Gasteiger partial charge on any atom is -0.368 e. The molecule has 3 heterocycles. The molecule has 1 aliphatic heterocycles. The first kappa shape index (κ1) is 36.1. The number of halogens is 2. The maximum absolute atomic E-state index is 14.8. The fourth-order valence-corrected chi connectivity index (χ4v) is 5.94. The lowest BCUT2D eigenvalue weighted by Gasteiger charge is -2.36. The number of nitrogens with zero attached hydrogens (tertiary/aromatic N) is 7. The Bertz CT molecular complexity index is 2140. The Balaban J connectivity index is 0.00000270. The van der Waals surface area contributed by atoms with Crippen molar-refractivity contribution in [1.29, 1.82) is 10.5 Å². The molecule has 3 amide bonds. The van der Waals surface area contributed by atoms with Crippen LogP contribution >= 0.6 is 24.8 Å². The van der Waals surface area contributed by atoms with Gasteiger partial charge in [-0.2, -0.15) is 15.6 Å². The summed E-state index contributed by atoms with van der Waals surface area (Å²) in [6.07, 6.45) is 2.97. The third kappa shape index (κ3) is 6.28. The van der Waals surface area contributed by atoms with Crippen LogP contribution in [-0.4, -0.2) is 51.6 Å². The molecule has 0 aliphatic carbocycles. The highest BCUT2D eigenvalue weighted by Crippen LogP contribution is 2.40. The van der Waals surface area contributed by atoms with Gasteiger partial charge < -0.3 is 20.9 Å². The molecule has 3 aromatic carbocycles. The molecule has 248 valence electrons. The van der Waals surface area contributed by atoms with Crippen molar-refractivity contribution in [3.8, 4) is 17.8 Å². The Labute approximate surface area is 294 Å². The maximum atomic E-state index is 14.8. The van der Waals surface area contributed by atoms with Crippen molar-refractivity contribution in [1.82, 2.24) is 20.1 Å². The van der Waals surface area contributed by atoms with E-state index in [1.165, 1.54) is 36.2 Å². The molecule has 14 heteroatoms. The number of nitrogens with one attached hydrogen (secondary N) is 1. The molecule has 3 N–H and O–H groups in total. The molecule has 1 aliphatic rings. The predicted octanol–water partition coefficient (Wildman–Crippen LogP) is 4.28. The second kappa shape index (κ2) is 14.5. The molecular weight excluding hydrogens is 665 g/mol. The summed E-state index contributed by atoms with van der Waals surface area (Å²) in [5, 5.41) is 28.2. The fourth-order valence-electron chi connectivity index (χ4n) is 5.94. The Morgan fingerprint density at radius 1 is 0.959 bits per heavy atom. The number of nitriles is 2. The Morgan fingerprint density at radius 3 is 2.33 bits per heavy atom. The van der Waals surface area contributed by atoms with Crippen molar-refractivity contribution in [3.05, 3.63) is 114 Å². The number of rotatable bonds is 7. The van der Waals surface area contributed by atoms with Crippen LogP contribution in [0.5, 0.6) is 0 Å². The zero-order chi connectivity index (χ0) is 33.3. The van der Waals surface area contributed by atoms with E-state index in [2.05, 4.69) is 22.4 Å². The molecule has 0 bridgehead atoms. The lowest BCUT2D eigenvalue weighted by Crippen LogP contribution is -2.63. The molecule has 0 radical (unpaired) electrons. The average molecular weight is 697 g/mol. The number of carbonyl (C=O) groups is 3. The molecule has 0 saturated carbocycles. The monoisotopic (exact) mass is 695 g/mol. The van der Waals surface area contributed by atoms with Gasteiger partial charge in [-0.3, -0.25) is 19.4 Å². The summed E-state index contributed by atoms with van der Waals surface area (Å²) in [6, 6.07) is 26.7. The van der Waals surface area contributed by atoms with Crippen LogP contribution in [0.2, 0.25) is 0 Å². The van der Waals surface area contributed by atoms with Crippen molar-refractivity contribution >= 4 is 64.8 Å². The summed E-state index contributed by atoms with van der Waals surface area (Å²) >= 11 is 0. The number of fused-ring (bicyclic) bond motifs is 2. The van der Waals surface area contributed by atoms with E-state index >= 15 is 0 Å². The normalized spacial score (nSPS) is 15.0. The van der Waals surface area contributed by atoms with Gasteiger partial charge in [-0.1, -0.05) is 30.3 Å². The van der Waals surface area contributed by atoms with Gasteiger partial charge in [0.15, 0.2) is 0 Å². The van der Waals surface area contributed by atoms with Crippen LogP contribution in [0.4, 0.5) is 11.4 Å². The van der Waals surface area contributed by atoms with Gasteiger partial charge in [0.1, 0.15) is 11.6 Å². The number of amides is 3. The highest BCUT2D eigenvalue weighted by Gasteiger charge is 2.49. The first-order chi connectivity index (χ1) is 22.7. The fraction of sp³-hybridized carbons (Fsp3) is 0.171. The largest absolute Gasteiger partial charge is 0.368 e. The number of primary amides is 1. The van der Waals surface area contributed by atoms with E-state index in [1.54, 1.807) is 53.2 Å². The molecular formula is C35H31Cl2N9O3. The van der Waals surface area contributed by atoms with Gasteiger partial charge in [0.05, 0.1) is 57.9 Å². The Kier molecular flexibility index (Phi) is 10.7. The Hall–Kier alpha value is -5.79. The van der Waals surface area contributed by atoms with Crippen LogP contribution in [0.1, 0.15) is 34.1 Å². The third-order valence-electron chi connectivity index (χ3n) is 8.74. The summed E-state index contributed by atoms with van der Waals surface area (Å²) in [5.74, 6) is -2.86. The van der Waals surface area contributed by atoms with Crippen LogP contribution < -0.4 is 20.9 Å². The number of anilines is 2. The average Bonchev–Trinajstić information content (AvgIpc) is 3.42. The summed E-state index contributed by atoms with van der Waals surface area (Å²) in [4.78, 5) is 48.8. The molecule has 49 heavy (non-hydrogen) atoms. The zero-order valence-electron chi connectivity index (χ0n) is 26.4. The van der Waals surface area contributed by atoms with Gasteiger partial charge >= 0.3 is 0 Å². The predicted molar refractivity (Wildman–Crippen MR) is 189 cm³/mol. The summed E-state index contributed by atoms with van der Waals surface area (Å²) < 4.78 is 1.67. The standard InChI is InChI=1S/C35H29N9O3.2ClH/c1-35(39-2,34(38)47)26-20-42(32(45)23-13-15-40-16-14-23)31-17-22(18-36)11-12-30(31)43(33(26)46)21-27-25-8-4-6-10-29(25)44(41-27)28-9-5-3-7-24(28)19-37;;/h3-17,26,39H,20-21H2,1-2H3,(H2,38,47);2*1H/t26-,35?;;/m1../s1. The topological polar surface area (TPSA) is 174 Å². The number of likely N-dealkylation sites (N-methyl/N-ethyl adjacent to an activating group) is 1. The quantitative estimate of drug-likeness (QED) is 0.254. The Morgan fingerprint density at radius 2 is 1.65 bits per heavy atom. The van der Waals surface area contributed by atoms with E-state index in [1.807, 2.05) is 30.3 Å². The van der Waals surface area contributed by atoms with Gasteiger partial charge in [0.25, 0.3) is 5.91 Å². The lowest BCUT2D eigenvalue weighted by molar-refractivity contribution is -0.133. The SMILES string of the molecule is CNC(C)(C(N)=O)[C@@H]1CN(C(=O)c2ccncc2)c2cc(C#N)ccc2N(Cc2nn(-c3ccccc3C#N)c3ccccc23)C1=O.Cl.Cl. The van der Waals surface area contributed by atoms with Gasteiger partial charge in [0.2, 0.25) is 11.8 Å². The summed E-state index contributed by atoms with van der Waals surface area (Å²) in [5.41, 5.74) is 7.79. The van der Waals surface area contributed by atoms with Gasteiger partial charge in [-0.25, -0.2) is 4.68 Å². The van der Waals surface area contributed by atoms with E-state index < -0.39 is 29.2 Å². The number of carbonyl (C=O) groups excluding carboxylic acids is 3. The number of aromatic nitrogens is 3. The van der Waals surface area contributed by atoms with Gasteiger partial charge in [0, 0.05) is 29.9 Å². The second-order valence-corrected chi connectivity index (χ2v) is 11.3. The molecule has 0 fully saturated rings. The number of benzene rings is 3. The minimum atomic E-state index is -1.57. The summed E-state index contributed by atoms with van der Waals surface area (Å²) in [7, 11) is 1.53. The van der Waals surface area contributed by atoms with Crippen LogP contribution in [0.15, 0.2) is 91.3 Å². The minimum absolute atomic E-state index is 0. The van der Waals surface area contributed by atoms with Crippen LogP contribution in [0.3, 0.4) is 0 Å². The number of nitrogens with two attached hydrogens (primary N) is 1. The molecule has 1 unspecified atom stereocenters. The van der Waals surface area contributed by atoms with Crippen LogP contribution in [0.25, 0.3) is 16.6 Å². The van der Waals surface area contributed by atoms with Crippen molar-refractivity contribution in [3.63, 3.8) is 0 Å². The van der Waals surface area contributed by atoms with E-state index in [-0.39, 0.29) is 43.5 Å². The molecule has 5 aromatic rings. The number of hydrogen-bond acceptors (Lipinski definition) is 8. The third-order valence-corrected chi connectivity index (χ3v) is 8.74. The van der Waals surface area contributed by atoms with Crippen molar-refractivity contribution in [2.45, 2.75) is 19.0 Å². The molecule has 2 atom stereocenters. The molecule has 6 rings (SSSR count). The number of hydrogen-bond donors (Lipinski definition) is 2.